The molecule has 0 saturated carbocycles. The summed E-state index contributed by atoms with van der Waals surface area (Å²) in [5, 5.41) is 9.45. The van der Waals surface area contributed by atoms with Gasteiger partial charge in [0.2, 0.25) is 5.91 Å². The lowest BCUT2D eigenvalue weighted by Gasteiger charge is -2.21. The first-order valence-corrected chi connectivity index (χ1v) is 5.58. The molecular weight excluding hydrogens is 244 g/mol. The number of carboxylic acids is 1. The number of carboxylic acid groups (broad SMARTS) is 1. The van der Waals surface area contributed by atoms with Crippen LogP contribution in [0.15, 0.2) is 18.5 Å². The number of carbonyl (C=O) groups excluding carboxylic acids is 1. The minimum absolute atomic E-state index is 0.148. The Balaban J connectivity index is 2.19. The number of carbonyl (C=O) groups is 2. The van der Waals surface area contributed by atoms with Gasteiger partial charge in [-0.3, -0.25) is 9.78 Å². The summed E-state index contributed by atoms with van der Waals surface area (Å²) in [6.45, 7) is 0.219. The normalized spacial score (nSPS) is 19.7. The SMILES string of the molecule is O=C(O)C1CCC(=O)N1Cc1ccncc1Cl. The zero-order valence-corrected chi connectivity index (χ0v) is 9.72. The van der Waals surface area contributed by atoms with Crippen LogP contribution in [0.5, 0.6) is 0 Å². The molecule has 1 fully saturated rings. The van der Waals surface area contributed by atoms with Gasteiger partial charge in [0.05, 0.1) is 5.02 Å². The van der Waals surface area contributed by atoms with Crippen LogP contribution in [-0.2, 0) is 16.1 Å². The summed E-state index contributed by atoms with van der Waals surface area (Å²) < 4.78 is 0. The van der Waals surface area contributed by atoms with E-state index in [0.717, 1.165) is 0 Å². The van der Waals surface area contributed by atoms with Gasteiger partial charge in [-0.1, -0.05) is 11.6 Å². The van der Waals surface area contributed by atoms with Crippen molar-refractivity contribution in [3.8, 4) is 0 Å². The fourth-order valence-corrected chi connectivity index (χ4v) is 2.08. The number of hydrogen-bond donors (Lipinski definition) is 1. The molecule has 1 aliphatic rings. The third kappa shape index (κ3) is 2.39. The Hall–Kier alpha value is -1.62. The minimum atomic E-state index is -0.971. The molecule has 2 rings (SSSR count). The number of nitrogens with zero attached hydrogens (tertiary/aromatic N) is 2. The van der Waals surface area contributed by atoms with Crippen molar-refractivity contribution in [2.75, 3.05) is 0 Å². The maximum Gasteiger partial charge on any atom is 0.326 e. The van der Waals surface area contributed by atoms with Crippen LogP contribution in [0.3, 0.4) is 0 Å². The molecule has 0 bridgehead atoms. The number of likely N-dealkylation sites (tertiary alicyclic amines) is 1. The average Bonchev–Trinajstić information content (AvgIpc) is 2.64. The largest absolute Gasteiger partial charge is 0.480 e. The Bertz CT molecular complexity index is 464. The zero-order chi connectivity index (χ0) is 12.4. The van der Waals surface area contributed by atoms with Gasteiger partial charge in [0.25, 0.3) is 0 Å². The van der Waals surface area contributed by atoms with E-state index >= 15 is 0 Å². The summed E-state index contributed by atoms with van der Waals surface area (Å²) in [6, 6.07) is 0.944. The Morgan fingerprint density at radius 2 is 2.41 bits per heavy atom. The molecule has 1 saturated heterocycles. The topological polar surface area (TPSA) is 70.5 Å². The highest BCUT2D eigenvalue weighted by atomic mass is 35.5. The quantitative estimate of drug-likeness (QED) is 0.883. The number of aliphatic carboxylic acids is 1. The third-order valence-corrected chi connectivity index (χ3v) is 3.15. The predicted octanol–water partition coefficient (Wildman–Crippen LogP) is 1.31. The van der Waals surface area contributed by atoms with E-state index in [4.69, 9.17) is 16.7 Å². The maximum atomic E-state index is 11.6. The van der Waals surface area contributed by atoms with Crippen LogP contribution >= 0.6 is 11.6 Å². The van der Waals surface area contributed by atoms with Crippen molar-refractivity contribution in [3.63, 3.8) is 0 Å². The first-order valence-electron chi connectivity index (χ1n) is 5.20. The van der Waals surface area contributed by atoms with Gasteiger partial charge in [0.15, 0.2) is 0 Å². The van der Waals surface area contributed by atoms with Crippen molar-refractivity contribution in [1.82, 2.24) is 9.88 Å². The number of halogens is 1. The summed E-state index contributed by atoms with van der Waals surface area (Å²) in [7, 11) is 0. The van der Waals surface area contributed by atoms with Crippen molar-refractivity contribution in [3.05, 3.63) is 29.0 Å². The van der Waals surface area contributed by atoms with E-state index < -0.39 is 12.0 Å². The van der Waals surface area contributed by atoms with E-state index in [2.05, 4.69) is 4.98 Å². The number of aromatic nitrogens is 1. The van der Waals surface area contributed by atoms with E-state index in [9.17, 15) is 9.59 Å². The highest BCUT2D eigenvalue weighted by Crippen LogP contribution is 2.24. The molecule has 1 atom stereocenters. The molecule has 0 spiro atoms. The van der Waals surface area contributed by atoms with Crippen LogP contribution in [-0.4, -0.2) is 32.9 Å². The number of amides is 1. The van der Waals surface area contributed by atoms with E-state index in [1.54, 1.807) is 12.3 Å². The molecule has 1 N–H and O–H groups in total. The summed E-state index contributed by atoms with van der Waals surface area (Å²) in [6.07, 6.45) is 3.68. The summed E-state index contributed by atoms with van der Waals surface area (Å²) in [5.41, 5.74) is 0.711. The molecule has 1 amide bonds. The standard InChI is InChI=1S/C11H11ClN2O3/c12-8-5-13-4-3-7(8)6-14-9(11(16)17)1-2-10(14)15/h3-5,9H,1-2,6H2,(H,16,17). The molecular formula is C11H11ClN2O3. The second-order valence-electron chi connectivity index (χ2n) is 3.88. The fraction of sp³-hybridized carbons (Fsp3) is 0.364. The molecule has 0 aromatic carbocycles. The second-order valence-corrected chi connectivity index (χ2v) is 4.29. The average molecular weight is 255 g/mol. The number of pyridine rings is 1. The van der Waals surface area contributed by atoms with Gasteiger partial charge in [-0.05, 0) is 18.1 Å². The van der Waals surface area contributed by atoms with E-state index in [-0.39, 0.29) is 18.9 Å². The Kier molecular flexibility index (Phi) is 3.28. The van der Waals surface area contributed by atoms with E-state index in [1.165, 1.54) is 11.1 Å². The summed E-state index contributed by atoms with van der Waals surface area (Å²) in [5.74, 6) is -1.12. The summed E-state index contributed by atoms with van der Waals surface area (Å²) >= 11 is 5.93. The number of rotatable bonds is 3. The van der Waals surface area contributed by atoms with Crippen LogP contribution in [0.2, 0.25) is 5.02 Å². The van der Waals surface area contributed by atoms with Crippen LogP contribution in [0.1, 0.15) is 18.4 Å². The van der Waals surface area contributed by atoms with Gasteiger partial charge in [0, 0.05) is 25.4 Å². The van der Waals surface area contributed by atoms with Crippen molar-refractivity contribution >= 4 is 23.5 Å². The van der Waals surface area contributed by atoms with Crippen LogP contribution in [0.25, 0.3) is 0 Å². The van der Waals surface area contributed by atoms with Gasteiger partial charge < -0.3 is 10.0 Å². The molecule has 6 heteroatoms. The third-order valence-electron chi connectivity index (χ3n) is 2.81. The molecule has 1 aliphatic heterocycles. The van der Waals surface area contributed by atoms with E-state index in [1.807, 2.05) is 0 Å². The summed E-state index contributed by atoms with van der Waals surface area (Å²) in [4.78, 5) is 27.8. The molecule has 17 heavy (non-hydrogen) atoms. The first kappa shape index (κ1) is 11.9. The van der Waals surface area contributed by atoms with Crippen molar-refractivity contribution < 1.29 is 14.7 Å². The van der Waals surface area contributed by atoms with Crippen molar-refractivity contribution in [2.24, 2.45) is 0 Å². The Morgan fingerprint density at radius 3 is 3.06 bits per heavy atom. The highest BCUT2D eigenvalue weighted by Gasteiger charge is 2.36. The smallest absolute Gasteiger partial charge is 0.326 e. The fourth-order valence-electron chi connectivity index (χ4n) is 1.90. The van der Waals surface area contributed by atoms with E-state index in [0.29, 0.717) is 17.0 Å². The van der Waals surface area contributed by atoms with Crippen LogP contribution in [0, 0.1) is 0 Å². The molecule has 1 aromatic heterocycles. The molecule has 1 aromatic rings. The zero-order valence-electron chi connectivity index (χ0n) is 8.97. The molecule has 90 valence electrons. The molecule has 5 nitrogen and oxygen atoms in total. The van der Waals surface area contributed by atoms with Gasteiger partial charge in [0.1, 0.15) is 6.04 Å². The lowest BCUT2D eigenvalue weighted by molar-refractivity contribution is -0.146. The van der Waals surface area contributed by atoms with Gasteiger partial charge in [-0.25, -0.2) is 4.79 Å². The first-order chi connectivity index (χ1) is 8.09. The minimum Gasteiger partial charge on any atom is -0.480 e. The van der Waals surface area contributed by atoms with Crippen molar-refractivity contribution in [1.29, 1.82) is 0 Å². The van der Waals surface area contributed by atoms with Crippen molar-refractivity contribution in [2.45, 2.75) is 25.4 Å². The van der Waals surface area contributed by atoms with Crippen LogP contribution in [0.4, 0.5) is 0 Å². The van der Waals surface area contributed by atoms with Gasteiger partial charge in [-0.2, -0.15) is 0 Å². The molecule has 0 radical (unpaired) electrons. The maximum absolute atomic E-state index is 11.6. The predicted molar refractivity (Wildman–Crippen MR) is 60.5 cm³/mol. The Morgan fingerprint density at radius 1 is 1.65 bits per heavy atom. The van der Waals surface area contributed by atoms with Gasteiger partial charge in [-0.15, -0.1) is 0 Å². The molecule has 2 heterocycles. The lowest BCUT2D eigenvalue weighted by atomic mass is 10.2. The highest BCUT2D eigenvalue weighted by molar-refractivity contribution is 6.31. The lowest BCUT2D eigenvalue weighted by Crippen LogP contribution is -2.37. The monoisotopic (exact) mass is 254 g/mol. The molecule has 0 aliphatic carbocycles. The molecule has 1 unspecified atom stereocenters. The van der Waals surface area contributed by atoms with Gasteiger partial charge >= 0.3 is 5.97 Å². The Labute approximate surface area is 103 Å². The van der Waals surface area contributed by atoms with Crippen LogP contribution < -0.4 is 0 Å². The number of hydrogen-bond acceptors (Lipinski definition) is 3. The second kappa shape index (κ2) is 4.71.